The Hall–Kier alpha value is -0.780. The molecule has 0 aliphatic rings. The van der Waals surface area contributed by atoms with Crippen molar-refractivity contribution in [3.63, 3.8) is 0 Å². The predicted molar refractivity (Wildman–Crippen MR) is 41.0 cm³/mol. The average molecular weight is 194 g/mol. The Labute approximate surface area is 71.3 Å². The molecule has 68 valence electrons. The monoisotopic (exact) mass is 194 g/mol. The third-order valence-corrected chi connectivity index (χ3v) is 2.05. The minimum atomic E-state index is -2.72. The number of rotatable bonds is 3. The molecule has 2 atom stereocenters. The van der Waals surface area contributed by atoms with E-state index in [1.54, 1.807) is 6.92 Å². The SMILES string of the molecule is CCC(F)c1nccn1S(=O)F. The molecule has 0 amide bonds. The zero-order chi connectivity index (χ0) is 9.14. The van der Waals surface area contributed by atoms with Gasteiger partial charge in [0.15, 0.2) is 12.0 Å². The Morgan fingerprint density at radius 1 is 1.83 bits per heavy atom. The first-order chi connectivity index (χ1) is 5.66. The first-order valence-corrected chi connectivity index (χ1v) is 4.43. The second-order valence-corrected chi connectivity index (χ2v) is 3.00. The average Bonchev–Trinajstić information content (AvgIpc) is 2.50. The summed E-state index contributed by atoms with van der Waals surface area (Å²) in [4.78, 5) is 3.56. The van der Waals surface area contributed by atoms with Gasteiger partial charge in [-0.1, -0.05) is 6.92 Å². The van der Waals surface area contributed by atoms with Crippen molar-refractivity contribution in [2.75, 3.05) is 0 Å². The molecule has 0 saturated carbocycles. The maximum Gasteiger partial charge on any atom is 0.309 e. The van der Waals surface area contributed by atoms with Crippen LogP contribution in [0.2, 0.25) is 0 Å². The maximum atomic E-state index is 12.9. The highest BCUT2D eigenvalue weighted by atomic mass is 32.2. The van der Waals surface area contributed by atoms with E-state index in [2.05, 4.69) is 4.98 Å². The minimum Gasteiger partial charge on any atom is -0.239 e. The van der Waals surface area contributed by atoms with Gasteiger partial charge in [-0.05, 0) is 6.42 Å². The minimum absolute atomic E-state index is 0.127. The highest BCUT2D eigenvalue weighted by Gasteiger charge is 2.16. The third-order valence-electron chi connectivity index (χ3n) is 1.43. The molecule has 12 heavy (non-hydrogen) atoms. The first kappa shape index (κ1) is 9.31. The van der Waals surface area contributed by atoms with Crippen LogP contribution in [0.1, 0.15) is 25.3 Å². The fourth-order valence-corrected chi connectivity index (χ4v) is 1.29. The molecule has 0 aliphatic carbocycles. The molecule has 0 saturated heterocycles. The number of alkyl halides is 1. The van der Waals surface area contributed by atoms with Crippen LogP contribution in [-0.2, 0) is 11.4 Å². The lowest BCUT2D eigenvalue weighted by atomic mass is 10.3. The summed E-state index contributed by atoms with van der Waals surface area (Å²) >= 11 is -2.72. The molecular weight excluding hydrogens is 186 g/mol. The van der Waals surface area contributed by atoms with Crippen LogP contribution in [0.15, 0.2) is 12.4 Å². The van der Waals surface area contributed by atoms with Crippen LogP contribution in [0.25, 0.3) is 0 Å². The molecule has 3 nitrogen and oxygen atoms in total. The standard InChI is InChI=1S/C6H8F2N2OS/c1-2-5(7)6-9-3-4-10(6)12(8)11/h3-5H,2H2,1H3. The van der Waals surface area contributed by atoms with E-state index < -0.39 is 17.5 Å². The van der Waals surface area contributed by atoms with Crippen molar-refractivity contribution in [1.82, 2.24) is 8.96 Å². The molecule has 1 heterocycles. The van der Waals surface area contributed by atoms with Gasteiger partial charge in [-0.2, -0.15) is 4.21 Å². The number of aromatic nitrogens is 2. The lowest BCUT2D eigenvalue weighted by Gasteiger charge is -2.03. The van der Waals surface area contributed by atoms with Gasteiger partial charge in [0, 0.05) is 12.4 Å². The van der Waals surface area contributed by atoms with Crippen molar-refractivity contribution >= 4 is 11.4 Å². The predicted octanol–water partition coefficient (Wildman–Crippen LogP) is 1.70. The van der Waals surface area contributed by atoms with E-state index in [1.165, 1.54) is 6.20 Å². The molecule has 1 rings (SSSR count). The summed E-state index contributed by atoms with van der Waals surface area (Å²) < 4.78 is 36.2. The van der Waals surface area contributed by atoms with Crippen LogP contribution in [0.4, 0.5) is 8.28 Å². The smallest absolute Gasteiger partial charge is 0.239 e. The summed E-state index contributed by atoms with van der Waals surface area (Å²) in [6, 6.07) is 0. The van der Waals surface area contributed by atoms with Crippen molar-refractivity contribution in [2.45, 2.75) is 19.5 Å². The van der Waals surface area contributed by atoms with Crippen molar-refractivity contribution in [2.24, 2.45) is 0 Å². The van der Waals surface area contributed by atoms with E-state index in [-0.39, 0.29) is 12.2 Å². The van der Waals surface area contributed by atoms with Gasteiger partial charge in [0.25, 0.3) is 0 Å². The summed E-state index contributed by atoms with van der Waals surface area (Å²) in [6.07, 6.45) is 1.19. The molecule has 0 radical (unpaired) electrons. The molecule has 0 fully saturated rings. The molecule has 0 spiro atoms. The summed E-state index contributed by atoms with van der Waals surface area (Å²) in [5, 5.41) is 0. The van der Waals surface area contributed by atoms with Crippen molar-refractivity contribution in [1.29, 1.82) is 0 Å². The molecule has 1 aromatic rings. The van der Waals surface area contributed by atoms with Gasteiger partial charge in [0.1, 0.15) is 0 Å². The molecule has 0 aliphatic heterocycles. The maximum absolute atomic E-state index is 12.9. The van der Waals surface area contributed by atoms with Crippen LogP contribution in [0.3, 0.4) is 0 Å². The van der Waals surface area contributed by atoms with Gasteiger partial charge >= 0.3 is 11.4 Å². The fourth-order valence-electron chi connectivity index (χ4n) is 0.826. The van der Waals surface area contributed by atoms with Gasteiger partial charge in [0.05, 0.1) is 0 Å². The van der Waals surface area contributed by atoms with E-state index in [4.69, 9.17) is 0 Å². The Balaban J connectivity index is 2.98. The molecule has 2 unspecified atom stereocenters. The Bertz CT molecular complexity index is 289. The largest absolute Gasteiger partial charge is 0.309 e. The van der Waals surface area contributed by atoms with E-state index in [0.717, 1.165) is 6.20 Å². The highest BCUT2D eigenvalue weighted by molar-refractivity contribution is 7.78. The normalized spacial score (nSPS) is 15.9. The number of imidazole rings is 1. The van der Waals surface area contributed by atoms with E-state index in [9.17, 15) is 12.5 Å². The summed E-state index contributed by atoms with van der Waals surface area (Å²) in [6.45, 7) is 1.60. The first-order valence-electron chi connectivity index (χ1n) is 3.42. The third kappa shape index (κ3) is 1.69. The van der Waals surface area contributed by atoms with Crippen LogP contribution in [-0.4, -0.2) is 13.2 Å². The quantitative estimate of drug-likeness (QED) is 0.686. The number of hydrogen-bond donors (Lipinski definition) is 0. The van der Waals surface area contributed by atoms with Gasteiger partial charge in [-0.3, -0.25) is 0 Å². The molecule has 0 N–H and O–H groups in total. The van der Waals surface area contributed by atoms with Crippen molar-refractivity contribution in [3.8, 4) is 0 Å². The van der Waals surface area contributed by atoms with E-state index in [0.29, 0.717) is 3.97 Å². The van der Waals surface area contributed by atoms with Crippen LogP contribution in [0.5, 0.6) is 0 Å². The van der Waals surface area contributed by atoms with Crippen molar-refractivity contribution < 1.29 is 12.5 Å². The molecule has 0 aromatic carbocycles. The lowest BCUT2D eigenvalue weighted by Crippen LogP contribution is -2.05. The lowest BCUT2D eigenvalue weighted by molar-refractivity contribution is 0.317. The topological polar surface area (TPSA) is 34.9 Å². The van der Waals surface area contributed by atoms with Crippen molar-refractivity contribution in [3.05, 3.63) is 18.2 Å². The number of nitrogens with zero attached hydrogens (tertiary/aromatic N) is 2. The van der Waals surface area contributed by atoms with Gasteiger partial charge in [-0.25, -0.2) is 13.3 Å². The van der Waals surface area contributed by atoms with Gasteiger partial charge in [0.2, 0.25) is 0 Å². The molecular formula is C6H8F2N2OS. The summed E-state index contributed by atoms with van der Waals surface area (Å²) in [7, 11) is 0. The molecule has 0 bridgehead atoms. The Morgan fingerprint density at radius 3 is 3.00 bits per heavy atom. The van der Waals surface area contributed by atoms with Gasteiger partial charge < -0.3 is 0 Å². The highest BCUT2D eigenvalue weighted by Crippen LogP contribution is 2.19. The fraction of sp³-hybridized carbons (Fsp3) is 0.500. The van der Waals surface area contributed by atoms with Crippen LogP contribution < -0.4 is 0 Å². The zero-order valence-electron chi connectivity index (χ0n) is 6.41. The van der Waals surface area contributed by atoms with Crippen LogP contribution in [0, 0.1) is 0 Å². The number of halogens is 2. The summed E-state index contributed by atoms with van der Waals surface area (Å²) in [5.74, 6) is -0.127. The second-order valence-electron chi connectivity index (χ2n) is 2.19. The van der Waals surface area contributed by atoms with Crippen LogP contribution >= 0.6 is 0 Å². The Morgan fingerprint density at radius 2 is 2.50 bits per heavy atom. The van der Waals surface area contributed by atoms with E-state index >= 15 is 0 Å². The molecule has 6 heteroatoms. The van der Waals surface area contributed by atoms with E-state index in [1.807, 2.05) is 0 Å². The zero-order valence-corrected chi connectivity index (χ0v) is 7.22. The Kier molecular flexibility index (Phi) is 2.91. The second kappa shape index (κ2) is 3.75. The summed E-state index contributed by atoms with van der Waals surface area (Å²) in [5.41, 5.74) is 0. The number of hydrogen-bond acceptors (Lipinski definition) is 2. The van der Waals surface area contributed by atoms with Gasteiger partial charge in [-0.15, -0.1) is 3.89 Å². The molecule has 1 aromatic heterocycles.